The number of sulfone groups is 1. The normalized spacial score (nSPS) is 13.2. The van der Waals surface area contributed by atoms with Crippen molar-refractivity contribution in [3.63, 3.8) is 0 Å². The lowest BCUT2D eigenvalue weighted by atomic mass is 10.2. The van der Waals surface area contributed by atoms with Crippen molar-refractivity contribution in [3.8, 4) is 0 Å². The Bertz CT molecular complexity index is 2060. The topological polar surface area (TPSA) is 308 Å². The van der Waals surface area contributed by atoms with Crippen LogP contribution in [0.3, 0.4) is 0 Å². The first-order valence-electron chi connectivity index (χ1n) is 11.2. The Kier molecular flexibility index (Phi) is 9.67. The lowest BCUT2D eigenvalue weighted by molar-refractivity contribution is 0.284. The van der Waals surface area contributed by atoms with Gasteiger partial charge in [-0.15, -0.1) is 15.3 Å². The molecule has 3 rings (SSSR count). The second-order valence-corrected chi connectivity index (χ2v) is 14.4. The third-order valence-corrected chi connectivity index (χ3v) is 9.23. The van der Waals surface area contributed by atoms with Crippen LogP contribution in [0, 0.1) is 6.92 Å². The van der Waals surface area contributed by atoms with E-state index in [0.29, 0.717) is 11.8 Å². The van der Waals surface area contributed by atoms with Crippen LogP contribution in [0.15, 0.2) is 83.7 Å². The van der Waals surface area contributed by atoms with Gasteiger partial charge in [0.2, 0.25) is 0 Å². The molecule has 43 heavy (non-hydrogen) atoms. The fraction of sp³-hybridized carbons (Fsp3) is 0.143. The van der Waals surface area contributed by atoms with Gasteiger partial charge in [0.25, 0.3) is 20.2 Å². The molecule has 0 saturated heterocycles. The fourth-order valence-electron chi connectivity index (χ4n) is 3.24. The molecular weight excluding hydrogens is 657 g/mol. The molecule has 18 nitrogen and oxygen atoms in total. The number of anilines is 2. The van der Waals surface area contributed by atoms with Gasteiger partial charge in [0.15, 0.2) is 9.84 Å². The van der Waals surface area contributed by atoms with Crippen LogP contribution in [0.2, 0.25) is 0 Å². The molecule has 0 aromatic heterocycles. The standard InChI is InChI=1S/C21H22N6O12S4/c1-12-2-4-13(5-3-12)24-26-16-11-18(42(33,34)35)20(23)21(19(16)22)27-25-15-7-6-14(10-17(15)41(30,31)32)40(28,29)9-8-39-43(36,37)38/h2-7,10-11H,8-9,22-23H2,1H3,(H,30,31,32)(H,33,34,35)(H,36,37,38). The fourth-order valence-corrected chi connectivity index (χ4v) is 6.11. The number of benzene rings is 3. The molecule has 232 valence electrons. The van der Waals surface area contributed by atoms with Gasteiger partial charge in [0, 0.05) is 0 Å². The third-order valence-electron chi connectivity index (χ3n) is 5.31. The number of aryl methyl sites for hydroxylation is 1. The van der Waals surface area contributed by atoms with Crippen LogP contribution in [0.4, 0.5) is 34.1 Å². The summed E-state index contributed by atoms with van der Waals surface area (Å²) < 4.78 is 126. The van der Waals surface area contributed by atoms with E-state index in [2.05, 4.69) is 24.6 Å². The summed E-state index contributed by atoms with van der Waals surface area (Å²) in [7, 11) is -19.6. The van der Waals surface area contributed by atoms with Crippen molar-refractivity contribution in [1.82, 2.24) is 0 Å². The molecule has 0 heterocycles. The largest absolute Gasteiger partial charge is 0.397 e. The van der Waals surface area contributed by atoms with Gasteiger partial charge >= 0.3 is 10.4 Å². The van der Waals surface area contributed by atoms with Crippen LogP contribution in [0.25, 0.3) is 0 Å². The minimum Gasteiger partial charge on any atom is -0.396 e. The van der Waals surface area contributed by atoms with Crippen molar-refractivity contribution in [1.29, 1.82) is 0 Å². The summed E-state index contributed by atoms with van der Waals surface area (Å²) in [5.74, 6) is -1.02. The second kappa shape index (κ2) is 12.4. The summed E-state index contributed by atoms with van der Waals surface area (Å²) in [4.78, 5) is -2.70. The van der Waals surface area contributed by atoms with E-state index in [0.717, 1.165) is 23.8 Å². The molecule has 3 aromatic carbocycles. The Morgan fingerprint density at radius 3 is 1.84 bits per heavy atom. The van der Waals surface area contributed by atoms with Crippen molar-refractivity contribution < 1.29 is 51.5 Å². The van der Waals surface area contributed by atoms with Crippen molar-refractivity contribution in [2.45, 2.75) is 21.6 Å². The monoisotopic (exact) mass is 678 g/mol. The molecule has 0 saturated carbocycles. The van der Waals surface area contributed by atoms with Crippen LogP contribution >= 0.6 is 0 Å². The molecule has 0 unspecified atom stereocenters. The number of hydrogen-bond donors (Lipinski definition) is 5. The van der Waals surface area contributed by atoms with Gasteiger partial charge in [-0.3, -0.25) is 13.7 Å². The zero-order valence-corrected chi connectivity index (χ0v) is 24.9. The van der Waals surface area contributed by atoms with Gasteiger partial charge < -0.3 is 11.5 Å². The average molecular weight is 679 g/mol. The average Bonchev–Trinajstić information content (AvgIpc) is 2.87. The van der Waals surface area contributed by atoms with E-state index in [4.69, 9.17) is 16.0 Å². The highest BCUT2D eigenvalue weighted by molar-refractivity contribution is 7.91. The predicted octanol–water partition coefficient (Wildman–Crippen LogP) is 3.08. The highest BCUT2D eigenvalue weighted by Crippen LogP contribution is 2.43. The van der Waals surface area contributed by atoms with Gasteiger partial charge in [-0.1, -0.05) is 17.7 Å². The van der Waals surface area contributed by atoms with Crippen molar-refractivity contribution in [2.75, 3.05) is 23.8 Å². The van der Waals surface area contributed by atoms with Gasteiger partial charge in [-0.2, -0.15) is 30.4 Å². The van der Waals surface area contributed by atoms with Gasteiger partial charge in [0.05, 0.1) is 34.3 Å². The Morgan fingerprint density at radius 2 is 1.28 bits per heavy atom. The number of hydrogen-bond acceptors (Lipinski definition) is 15. The van der Waals surface area contributed by atoms with E-state index < -0.39 is 90.3 Å². The third kappa shape index (κ3) is 8.80. The van der Waals surface area contributed by atoms with E-state index in [1.807, 2.05) is 6.92 Å². The van der Waals surface area contributed by atoms with Gasteiger partial charge in [-0.05, 0) is 43.3 Å². The minimum atomic E-state index is -5.18. The van der Waals surface area contributed by atoms with Crippen LogP contribution in [-0.2, 0) is 44.7 Å². The summed E-state index contributed by atoms with van der Waals surface area (Å²) in [5, 5.41) is 15.1. The first kappa shape index (κ1) is 33.6. The quantitative estimate of drug-likeness (QED) is 0.111. The molecule has 0 fully saturated rings. The maximum Gasteiger partial charge on any atom is 0.397 e. The lowest BCUT2D eigenvalue weighted by Gasteiger charge is -2.11. The number of rotatable bonds is 11. The van der Waals surface area contributed by atoms with E-state index >= 15 is 0 Å². The number of nitrogens with two attached hydrogens (primary N) is 2. The molecule has 0 amide bonds. The lowest BCUT2D eigenvalue weighted by Crippen LogP contribution is -2.16. The molecule has 0 atom stereocenters. The molecular formula is C21H22N6O12S4. The van der Waals surface area contributed by atoms with Gasteiger partial charge in [0.1, 0.15) is 26.9 Å². The Morgan fingerprint density at radius 1 is 0.698 bits per heavy atom. The predicted molar refractivity (Wildman–Crippen MR) is 150 cm³/mol. The summed E-state index contributed by atoms with van der Waals surface area (Å²) in [5.41, 5.74) is 10.4. The summed E-state index contributed by atoms with van der Waals surface area (Å²) >= 11 is 0. The maximum atomic E-state index is 12.5. The van der Waals surface area contributed by atoms with Crippen molar-refractivity contribution in [3.05, 3.63) is 54.1 Å². The van der Waals surface area contributed by atoms with E-state index in [9.17, 15) is 42.8 Å². The van der Waals surface area contributed by atoms with E-state index in [-0.39, 0.29) is 5.69 Å². The second-order valence-electron chi connectivity index (χ2n) is 8.45. The highest BCUT2D eigenvalue weighted by atomic mass is 32.3. The minimum absolute atomic E-state index is 0.333. The van der Waals surface area contributed by atoms with Crippen LogP contribution < -0.4 is 11.5 Å². The Hall–Kier alpha value is -3.90. The van der Waals surface area contributed by atoms with Crippen LogP contribution in [0.1, 0.15) is 5.56 Å². The first-order valence-corrected chi connectivity index (χ1v) is 17.1. The maximum absolute atomic E-state index is 12.5. The highest BCUT2D eigenvalue weighted by Gasteiger charge is 2.25. The van der Waals surface area contributed by atoms with Crippen molar-refractivity contribution in [2.24, 2.45) is 20.5 Å². The van der Waals surface area contributed by atoms with E-state index in [1.54, 1.807) is 24.3 Å². The first-order chi connectivity index (χ1) is 19.7. The summed E-state index contributed by atoms with van der Waals surface area (Å²) in [6.07, 6.45) is 0. The van der Waals surface area contributed by atoms with Gasteiger partial charge in [-0.25, -0.2) is 12.6 Å². The van der Waals surface area contributed by atoms with Crippen molar-refractivity contribution >= 4 is 74.6 Å². The number of nitrogens with zero attached hydrogens (tertiary/aromatic N) is 4. The molecule has 0 bridgehead atoms. The summed E-state index contributed by atoms with van der Waals surface area (Å²) in [6, 6.07) is 9.55. The Labute approximate surface area is 245 Å². The zero-order valence-electron chi connectivity index (χ0n) is 21.6. The molecule has 0 aliphatic rings. The van der Waals surface area contributed by atoms with E-state index in [1.165, 1.54) is 0 Å². The number of azo groups is 2. The summed E-state index contributed by atoms with van der Waals surface area (Å²) in [6.45, 7) is 0.813. The smallest absolute Gasteiger partial charge is 0.396 e. The molecule has 0 radical (unpaired) electrons. The SMILES string of the molecule is Cc1ccc(N=Nc2cc(S(=O)(=O)O)c(N)c(N=Nc3ccc(S(=O)(=O)CCOS(=O)(=O)O)cc3S(=O)(=O)O)c2N)cc1. The molecule has 22 heteroatoms. The molecule has 7 N–H and O–H groups in total. The molecule has 0 aliphatic carbocycles. The van der Waals surface area contributed by atoms with Crippen LogP contribution in [-0.4, -0.2) is 59.7 Å². The van der Waals surface area contributed by atoms with Crippen LogP contribution in [0.5, 0.6) is 0 Å². The Balaban J connectivity index is 2.11. The molecule has 0 aliphatic heterocycles. The number of nitrogen functional groups attached to an aromatic ring is 2. The molecule has 0 spiro atoms. The zero-order chi connectivity index (χ0) is 32.4. The molecule has 3 aromatic rings.